The van der Waals surface area contributed by atoms with E-state index in [1.165, 1.54) is 19.3 Å². The van der Waals surface area contributed by atoms with Gasteiger partial charge in [0.2, 0.25) is 0 Å². The van der Waals surface area contributed by atoms with Crippen LogP contribution in [0.3, 0.4) is 0 Å². The van der Waals surface area contributed by atoms with Gasteiger partial charge in [-0.3, -0.25) is 4.79 Å². The number of primary amides is 1. The maximum Gasteiger partial charge on any atom is 0.252 e. The van der Waals surface area contributed by atoms with Crippen molar-refractivity contribution in [3.63, 3.8) is 0 Å². The number of hydrogen-bond donors (Lipinski definition) is 4. The lowest BCUT2D eigenvalue weighted by molar-refractivity contribution is -0.0868. The fourth-order valence-corrected chi connectivity index (χ4v) is 6.14. The van der Waals surface area contributed by atoms with Crippen LogP contribution in [0.2, 0.25) is 0 Å². The Balaban J connectivity index is 1.52. The van der Waals surface area contributed by atoms with Crippen molar-refractivity contribution in [1.82, 2.24) is 9.97 Å². The molecule has 0 spiro atoms. The molecule has 4 aliphatic rings. The summed E-state index contributed by atoms with van der Waals surface area (Å²) >= 11 is 0. The molecule has 0 aromatic carbocycles. The summed E-state index contributed by atoms with van der Waals surface area (Å²) in [5, 5.41) is 14.6. The van der Waals surface area contributed by atoms with Crippen LogP contribution in [0.1, 0.15) is 42.5 Å². The number of nitrogens with one attached hydrogen (secondary N) is 2. The maximum absolute atomic E-state index is 11.9. The van der Waals surface area contributed by atoms with Crippen LogP contribution in [-0.4, -0.2) is 33.6 Å². The lowest BCUT2D eigenvalue weighted by atomic mass is 9.48. The molecule has 0 aliphatic heterocycles. The highest BCUT2D eigenvalue weighted by atomic mass is 16.3. The number of aliphatic hydroxyl groups excluding tert-OH is 1. The molecule has 6 nitrogen and oxygen atoms in total. The molecule has 4 aliphatic carbocycles. The van der Waals surface area contributed by atoms with E-state index in [4.69, 9.17) is 5.73 Å². The second-order valence-corrected chi connectivity index (χ2v) is 8.45. The Morgan fingerprint density at radius 2 is 2.12 bits per heavy atom. The molecule has 0 radical (unpaired) electrons. The molecule has 2 aromatic rings. The Bertz CT molecular complexity index is 829. The number of carbonyl (C=O) groups excluding carboxylic acids is 1. The summed E-state index contributed by atoms with van der Waals surface area (Å²) in [4.78, 5) is 19.3. The Hall–Kier alpha value is -2.08. The van der Waals surface area contributed by atoms with Crippen molar-refractivity contribution in [2.24, 2.45) is 28.9 Å². The molecule has 5 atom stereocenters. The fraction of sp³-hybridized carbons (Fsp3) is 0.579. The van der Waals surface area contributed by atoms with Crippen LogP contribution in [-0.2, 0) is 0 Å². The molecule has 0 saturated heterocycles. The van der Waals surface area contributed by atoms with Crippen molar-refractivity contribution in [2.45, 2.75) is 38.1 Å². The van der Waals surface area contributed by atoms with Gasteiger partial charge >= 0.3 is 0 Å². The topological polar surface area (TPSA) is 104 Å². The van der Waals surface area contributed by atoms with Crippen LogP contribution in [0.15, 0.2) is 18.5 Å². The Labute approximate surface area is 146 Å². The van der Waals surface area contributed by atoms with Gasteiger partial charge in [-0.05, 0) is 61.3 Å². The lowest BCUT2D eigenvalue weighted by Crippen LogP contribution is -2.57. The number of hydrogen-bond acceptors (Lipinski definition) is 4. The first kappa shape index (κ1) is 15.2. The smallest absolute Gasteiger partial charge is 0.252 e. The average molecular weight is 340 g/mol. The predicted octanol–water partition coefficient (Wildman–Crippen LogP) is 2.26. The third kappa shape index (κ3) is 2.20. The summed E-state index contributed by atoms with van der Waals surface area (Å²) in [6.07, 6.45) is 9.21. The van der Waals surface area contributed by atoms with Crippen LogP contribution in [0.5, 0.6) is 0 Å². The second-order valence-electron chi connectivity index (χ2n) is 8.45. The largest absolute Gasteiger partial charge is 0.396 e. The van der Waals surface area contributed by atoms with Gasteiger partial charge in [0, 0.05) is 30.4 Å². The van der Waals surface area contributed by atoms with E-state index in [9.17, 15) is 9.90 Å². The zero-order chi connectivity index (χ0) is 17.2. The van der Waals surface area contributed by atoms with E-state index in [0.29, 0.717) is 30.0 Å². The van der Waals surface area contributed by atoms with E-state index in [1.54, 1.807) is 6.20 Å². The van der Waals surface area contributed by atoms with Crippen LogP contribution < -0.4 is 11.1 Å². The number of aromatic nitrogens is 2. The summed E-state index contributed by atoms with van der Waals surface area (Å²) in [6, 6.07) is 2.29. The molecule has 132 valence electrons. The first-order chi connectivity index (χ1) is 12.1. The highest BCUT2D eigenvalue weighted by Crippen LogP contribution is 2.60. The molecule has 2 heterocycles. The van der Waals surface area contributed by atoms with Crippen molar-refractivity contribution in [3.05, 3.63) is 24.0 Å². The average Bonchev–Trinajstić information content (AvgIpc) is 3.06. The number of aromatic amines is 1. The molecule has 6 heteroatoms. The maximum atomic E-state index is 11.9. The number of fused-ring (bicyclic) bond motifs is 1. The van der Waals surface area contributed by atoms with E-state index in [0.717, 1.165) is 35.5 Å². The van der Waals surface area contributed by atoms with Crippen LogP contribution in [0, 0.1) is 23.2 Å². The van der Waals surface area contributed by atoms with Crippen molar-refractivity contribution >= 4 is 22.6 Å². The molecule has 5 N–H and O–H groups in total. The van der Waals surface area contributed by atoms with Crippen molar-refractivity contribution < 1.29 is 9.90 Å². The Morgan fingerprint density at radius 1 is 1.36 bits per heavy atom. The number of pyridine rings is 1. The quantitative estimate of drug-likeness (QED) is 0.685. The van der Waals surface area contributed by atoms with Crippen molar-refractivity contribution in [3.8, 4) is 0 Å². The molecule has 6 rings (SSSR count). The number of rotatable bonds is 4. The molecular formula is C19H24N4O2. The van der Waals surface area contributed by atoms with E-state index in [2.05, 4.69) is 15.3 Å². The van der Waals surface area contributed by atoms with E-state index in [-0.39, 0.29) is 5.41 Å². The zero-order valence-electron chi connectivity index (χ0n) is 14.2. The first-order valence-corrected chi connectivity index (χ1v) is 9.22. The number of H-pyrrole nitrogens is 1. The number of carbonyl (C=O) groups is 1. The van der Waals surface area contributed by atoms with Gasteiger partial charge in [-0.25, -0.2) is 4.98 Å². The molecule has 3 unspecified atom stereocenters. The van der Waals surface area contributed by atoms with Crippen LogP contribution >= 0.6 is 0 Å². The van der Waals surface area contributed by atoms with Gasteiger partial charge in [0.05, 0.1) is 11.3 Å². The number of nitrogens with two attached hydrogens (primary N) is 1. The van der Waals surface area contributed by atoms with Gasteiger partial charge in [0.25, 0.3) is 5.91 Å². The number of anilines is 1. The molecule has 4 bridgehead atoms. The van der Waals surface area contributed by atoms with Gasteiger partial charge in [0.15, 0.2) is 0 Å². The SMILES string of the molecule is NC(=O)c1cnc2[nH]ccc2c1NC1[C@@H]2CC3C[C@H]1CC(CO)(C3)C2. The van der Waals surface area contributed by atoms with Gasteiger partial charge in [-0.15, -0.1) is 0 Å². The van der Waals surface area contributed by atoms with Crippen molar-refractivity contribution in [1.29, 1.82) is 0 Å². The summed E-state index contributed by atoms with van der Waals surface area (Å²) in [5.74, 6) is 1.42. The zero-order valence-corrected chi connectivity index (χ0v) is 14.2. The molecule has 4 fully saturated rings. The van der Waals surface area contributed by atoms with E-state index < -0.39 is 5.91 Å². The highest BCUT2D eigenvalue weighted by molar-refractivity contribution is 6.06. The molecule has 2 aromatic heterocycles. The Kier molecular flexibility index (Phi) is 3.17. The number of nitrogens with zero attached hydrogens (tertiary/aromatic N) is 1. The summed E-state index contributed by atoms with van der Waals surface area (Å²) < 4.78 is 0. The van der Waals surface area contributed by atoms with Crippen LogP contribution in [0.25, 0.3) is 11.0 Å². The van der Waals surface area contributed by atoms with E-state index >= 15 is 0 Å². The lowest BCUT2D eigenvalue weighted by Gasteiger charge is -2.60. The molecule has 1 amide bonds. The highest BCUT2D eigenvalue weighted by Gasteiger charge is 2.55. The fourth-order valence-electron chi connectivity index (χ4n) is 6.14. The minimum Gasteiger partial charge on any atom is -0.396 e. The van der Waals surface area contributed by atoms with E-state index in [1.807, 2.05) is 12.3 Å². The molecule has 4 saturated carbocycles. The minimum absolute atomic E-state index is 0.142. The minimum atomic E-state index is -0.450. The summed E-state index contributed by atoms with van der Waals surface area (Å²) in [6.45, 7) is 0.313. The summed E-state index contributed by atoms with van der Waals surface area (Å²) in [5.41, 5.74) is 7.78. The van der Waals surface area contributed by atoms with Gasteiger partial charge in [-0.2, -0.15) is 0 Å². The third-order valence-electron chi connectivity index (χ3n) is 6.90. The van der Waals surface area contributed by atoms with Crippen molar-refractivity contribution in [2.75, 3.05) is 11.9 Å². The monoisotopic (exact) mass is 340 g/mol. The summed E-state index contributed by atoms with van der Waals surface area (Å²) in [7, 11) is 0. The third-order valence-corrected chi connectivity index (χ3v) is 6.90. The number of aliphatic hydroxyl groups is 1. The number of amides is 1. The van der Waals surface area contributed by atoms with Gasteiger partial charge in [-0.1, -0.05) is 0 Å². The normalized spacial score (nSPS) is 36.0. The molecular weight excluding hydrogens is 316 g/mol. The second kappa shape index (κ2) is 5.21. The first-order valence-electron chi connectivity index (χ1n) is 9.22. The standard InChI is InChI=1S/C19H24N4O2/c20-17(25)14-8-22-18-13(1-2-21-18)16(14)23-15-11-3-10-4-12(15)7-19(5-10,6-11)9-24/h1-2,8,10-12,15,24H,3-7,9H2,(H2,20,25)(H2,21,22,23)/t10?,11-,12+,15?,19?. The van der Waals surface area contributed by atoms with Gasteiger partial charge in [0.1, 0.15) is 5.65 Å². The van der Waals surface area contributed by atoms with Gasteiger partial charge < -0.3 is 21.1 Å². The Morgan fingerprint density at radius 3 is 2.80 bits per heavy atom. The van der Waals surface area contributed by atoms with Crippen LogP contribution in [0.4, 0.5) is 5.69 Å². The molecule has 25 heavy (non-hydrogen) atoms. The predicted molar refractivity (Wildman–Crippen MR) is 95.1 cm³/mol.